The van der Waals surface area contributed by atoms with Crippen LogP contribution in [0.1, 0.15) is 51.1 Å². The summed E-state index contributed by atoms with van der Waals surface area (Å²) in [4.78, 5) is 22.7. The van der Waals surface area contributed by atoms with Crippen molar-refractivity contribution >= 4 is 5.95 Å². The van der Waals surface area contributed by atoms with Crippen LogP contribution < -0.4 is 11.0 Å². The van der Waals surface area contributed by atoms with Crippen molar-refractivity contribution in [2.75, 3.05) is 19.0 Å². The van der Waals surface area contributed by atoms with Crippen LogP contribution in [-0.4, -0.2) is 38.9 Å². The number of imidazole rings is 1. The van der Waals surface area contributed by atoms with Crippen LogP contribution in [0.4, 0.5) is 5.95 Å². The lowest BCUT2D eigenvalue weighted by atomic mass is 9.87. The number of rotatable bonds is 7. The molecule has 7 heteroatoms. The number of hydrogen-bond acceptors (Lipinski definition) is 5. The van der Waals surface area contributed by atoms with E-state index in [4.69, 9.17) is 9.72 Å². The van der Waals surface area contributed by atoms with E-state index in [0.717, 1.165) is 35.7 Å². The third-order valence-corrected chi connectivity index (χ3v) is 6.32. The first-order valence-corrected chi connectivity index (χ1v) is 11.5. The summed E-state index contributed by atoms with van der Waals surface area (Å²) in [6, 6.07) is 10.1. The van der Waals surface area contributed by atoms with E-state index in [1.54, 1.807) is 22.4 Å². The van der Waals surface area contributed by atoms with Gasteiger partial charge in [-0.05, 0) is 69.2 Å². The van der Waals surface area contributed by atoms with Crippen LogP contribution in [0, 0.1) is 12.8 Å². The van der Waals surface area contributed by atoms with Crippen LogP contribution in [0.5, 0.6) is 0 Å². The van der Waals surface area contributed by atoms with Crippen molar-refractivity contribution in [3.05, 3.63) is 58.8 Å². The molecule has 7 nitrogen and oxygen atoms in total. The number of methoxy groups -OCH3 is 1. The molecule has 1 N–H and O–H groups in total. The quantitative estimate of drug-likeness (QED) is 0.587. The van der Waals surface area contributed by atoms with Crippen molar-refractivity contribution in [1.29, 1.82) is 0 Å². The maximum atomic E-state index is 13.4. The van der Waals surface area contributed by atoms with Crippen molar-refractivity contribution in [2.45, 2.75) is 58.5 Å². The minimum atomic E-state index is -0.107. The van der Waals surface area contributed by atoms with E-state index >= 15 is 0 Å². The number of nitrogens with one attached hydrogen (secondary N) is 1. The van der Waals surface area contributed by atoms with Gasteiger partial charge >= 0.3 is 5.69 Å². The third kappa shape index (κ3) is 4.78. The molecule has 2 aromatic heterocycles. The van der Waals surface area contributed by atoms with E-state index < -0.39 is 0 Å². The molecule has 1 atom stereocenters. The van der Waals surface area contributed by atoms with Gasteiger partial charge in [0.2, 0.25) is 5.95 Å². The van der Waals surface area contributed by atoms with E-state index in [0.29, 0.717) is 24.3 Å². The molecule has 1 aliphatic rings. The van der Waals surface area contributed by atoms with Gasteiger partial charge in [-0.1, -0.05) is 19.1 Å². The highest BCUT2D eigenvalue weighted by Crippen LogP contribution is 2.27. The second-order valence-electron chi connectivity index (χ2n) is 9.05. The van der Waals surface area contributed by atoms with E-state index in [9.17, 15) is 4.79 Å². The lowest BCUT2D eigenvalue weighted by molar-refractivity contribution is 0.161. The molecule has 1 saturated carbocycles. The van der Waals surface area contributed by atoms with Gasteiger partial charge in [0, 0.05) is 25.5 Å². The van der Waals surface area contributed by atoms with Crippen molar-refractivity contribution in [2.24, 2.45) is 5.92 Å². The molecular weight excluding hydrogens is 402 g/mol. The van der Waals surface area contributed by atoms with Crippen LogP contribution >= 0.6 is 0 Å². The molecule has 0 amide bonds. The fraction of sp³-hybridized carbons (Fsp3) is 0.480. The molecule has 0 spiro atoms. The number of benzene rings is 1. The van der Waals surface area contributed by atoms with Crippen molar-refractivity contribution in [3.63, 3.8) is 0 Å². The van der Waals surface area contributed by atoms with Gasteiger partial charge < -0.3 is 10.1 Å². The zero-order chi connectivity index (χ0) is 22.7. The second kappa shape index (κ2) is 9.69. The van der Waals surface area contributed by atoms with E-state index in [-0.39, 0.29) is 11.7 Å². The minimum absolute atomic E-state index is 0.0963. The highest BCUT2D eigenvalue weighted by Gasteiger charge is 2.21. The number of hydrogen-bond donors (Lipinski definition) is 1. The summed E-state index contributed by atoms with van der Waals surface area (Å²) in [6.07, 6.45) is 8.36. The smallest absolute Gasteiger partial charge is 0.333 e. The Morgan fingerprint density at radius 3 is 2.72 bits per heavy atom. The Labute approximate surface area is 189 Å². The number of aromatic nitrogens is 4. The predicted molar refractivity (Wildman–Crippen MR) is 127 cm³/mol. The number of nitrogens with zero attached hydrogens (tertiary/aromatic N) is 4. The Morgan fingerprint density at radius 1 is 1.22 bits per heavy atom. The minimum Gasteiger partial charge on any atom is -0.383 e. The highest BCUT2D eigenvalue weighted by molar-refractivity contribution is 5.59. The molecule has 4 rings (SSSR count). The maximum absolute atomic E-state index is 13.4. The van der Waals surface area contributed by atoms with Crippen molar-refractivity contribution in [3.8, 4) is 17.1 Å². The first-order chi connectivity index (χ1) is 15.5. The zero-order valence-corrected chi connectivity index (χ0v) is 19.4. The van der Waals surface area contributed by atoms with Crippen LogP contribution in [0.25, 0.3) is 17.1 Å². The van der Waals surface area contributed by atoms with Crippen LogP contribution in [0.2, 0.25) is 0 Å². The van der Waals surface area contributed by atoms with Gasteiger partial charge in [0.1, 0.15) is 0 Å². The van der Waals surface area contributed by atoms with Crippen LogP contribution in [-0.2, 0) is 4.74 Å². The second-order valence-corrected chi connectivity index (χ2v) is 9.05. The van der Waals surface area contributed by atoms with Gasteiger partial charge in [0.15, 0.2) is 0 Å². The summed E-state index contributed by atoms with van der Waals surface area (Å²) >= 11 is 0. The van der Waals surface area contributed by atoms with Gasteiger partial charge in [0.25, 0.3) is 0 Å². The molecule has 1 aliphatic carbocycles. The molecule has 170 valence electrons. The average molecular weight is 436 g/mol. The molecule has 0 saturated heterocycles. The lowest BCUT2D eigenvalue weighted by Crippen LogP contribution is -2.27. The topological polar surface area (TPSA) is 74.0 Å². The molecule has 1 unspecified atom stereocenters. The standard InChI is InChI=1S/C25H33N5O2/c1-17-8-10-20(11-9-17)27-24-26-13-12-22(28-24)23-15-29(19(3)16-32-4)25(31)30(23)21-7-5-6-18(2)14-21/h5-7,12-15,17,19-20H,8-11,16H2,1-4H3,(H,26,27,28)/t17-,19?,20-. The fourth-order valence-electron chi connectivity index (χ4n) is 4.46. The molecule has 32 heavy (non-hydrogen) atoms. The molecule has 1 aromatic carbocycles. The monoisotopic (exact) mass is 435 g/mol. The molecule has 0 radical (unpaired) electrons. The lowest BCUT2D eigenvalue weighted by Gasteiger charge is -2.26. The average Bonchev–Trinajstić information content (AvgIpc) is 3.13. The van der Waals surface area contributed by atoms with Crippen LogP contribution in [0.15, 0.2) is 47.5 Å². The number of aryl methyl sites for hydroxylation is 1. The summed E-state index contributed by atoms with van der Waals surface area (Å²) in [7, 11) is 1.65. The normalized spacial score (nSPS) is 19.6. The summed E-state index contributed by atoms with van der Waals surface area (Å²) in [6.45, 7) is 6.77. The summed E-state index contributed by atoms with van der Waals surface area (Å²) in [5, 5.41) is 3.51. The highest BCUT2D eigenvalue weighted by atomic mass is 16.5. The molecular formula is C25H33N5O2. The number of anilines is 1. The summed E-state index contributed by atoms with van der Waals surface area (Å²) in [5.41, 5.74) is 3.27. The Bertz CT molecular complexity index is 1110. The van der Waals surface area contributed by atoms with Crippen molar-refractivity contribution < 1.29 is 4.74 Å². The summed E-state index contributed by atoms with van der Waals surface area (Å²) in [5.74, 6) is 1.40. The van der Waals surface area contributed by atoms with Gasteiger partial charge in [-0.3, -0.25) is 9.13 Å². The predicted octanol–water partition coefficient (Wildman–Crippen LogP) is 4.60. The zero-order valence-electron chi connectivity index (χ0n) is 19.4. The SMILES string of the molecule is COCC(C)n1cc(-c2ccnc(N[C@H]3CC[C@H](C)CC3)n2)n(-c2cccc(C)c2)c1=O. The van der Waals surface area contributed by atoms with Crippen molar-refractivity contribution in [1.82, 2.24) is 19.1 Å². The van der Waals surface area contributed by atoms with Gasteiger partial charge in [0.05, 0.1) is 29.7 Å². The molecule has 0 bridgehead atoms. The Hall–Kier alpha value is -2.93. The largest absolute Gasteiger partial charge is 0.383 e. The Balaban J connectivity index is 1.74. The molecule has 0 aliphatic heterocycles. The number of ether oxygens (including phenoxy) is 1. The maximum Gasteiger partial charge on any atom is 0.333 e. The fourth-order valence-corrected chi connectivity index (χ4v) is 4.46. The van der Waals surface area contributed by atoms with E-state index in [1.807, 2.05) is 50.4 Å². The van der Waals surface area contributed by atoms with Crippen LogP contribution in [0.3, 0.4) is 0 Å². The first kappa shape index (κ1) is 22.3. The molecule has 2 heterocycles. The first-order valence-electron chi connectivity index (χ1n) is 11.5. The van der Waals surface area contributed by atoms with E-state index in [1.165, 1.54) is 12.8 Å². The Morgan fingerprint density at radius 2 is 2.00 bits per heavy atom. The van der Waals surface area contributed by atoms with E-state index in [2.05, 4.69) is 17.2 Å². The molecule has 1 fully saturated rings. The van der Waals surface area contributed by atoms with Gasteiger partial charge in [-0.2, -0.15) is 0 Å². The summed E-state index contributed by atoms with van der Waals surface area (Å²) < 4.78 is 8.75. The molecule has 3 aromatic rings. The Kier molecular flexibility index (Phi) is 6.74. The van der Waals surface area contributed by atoms with Gasteiger partial charge in [-0.15, -0.1) is 0 Å². The third-order valence-electron chi connectivity index (χ3n) is 6.32. The van der Waals surface area contributed by atoms with Gasteiger partial charge in [-0.25, -0.2) is 14.8 Å².